The molecule has 98 valence electrons. The van der Waals surface area contributed by atoms with Gasteiger partial charge in [-0.05, 0) is 12.1 Å². The Morgan fingerprint density at radius 1 is 1.21 bits per heavy atom. The highest BCUT2D eigenvalue weighted by Gasteiger charge is 2.06. The number of nitrogens with zero attached hydrogens (tertiary/aromatic N) is 1. The van der Waals surface area contributed by atoms with E-state index in [0.29, 0.717) is 17.2 Å². The number of benzene rings is 1. The fourth-order valence-electron chi connectivity index (χ4n) is 1.45. The first kappa shape index (κ1) is 13.2. The average Bonchev–Trinajstić information content (AvgIpc) is 2.92. The summed E-state index contributed by atoms with van der Waals surface area (Å²) in [7, 11) is 0. The highest BCUT2D eigenvalue weighted by molar-refractivity contribution is 7.13. The van der Waals surface area contributed by atoms with Gasteiger partial charge in [0.25, 0.3) is 5.91 Å². The zero-order chi connectivity index (χ0) is 13.5. The van der Waals surface area contributed by atoms with Crippen molar-refractivity contribution in [3.63, 3.8) is 0 Å². The minimum atomic E-state index is -0.178. The van der Waals surface area contributed by atoms with E-state index in [4.69, 9.17) is 0 Å². The fourth-order valence-corrected chi connectivity index (χ4v) is 1.99. The second-order valence-electron chi connectivity index (χ2n) is 3.76. The van der Waals surface area contributed by atoms with E-state index in [9.17, 15) is 9.59 Å². The third-order valence-corrected chi connectivity index (χ3v) is 3.04. The molecule has 1 aromatic heterocycles. The standard InChI is InChI=1S/C13H13N3O2S/c17-11(16-13-15-8-9-19-13)6-7-14-12(18)10-4-2-1-3-5-10/h1-5,8-9H,6-7H2,(H,14,18)(H,15,16,17). The van der Waals surface area contributed by atoms with Gasteiger partial charge in [-0.2, -0.15) is 0 Å². The topological polar surface area (TPSA) is 71.1 Å². The molecule has 0 unspecified atom stereocenters. The Kier molecular flexibility index (Phi) is 4.63. The third kappa shape index (κ3) is 4.18. The van der Waals surface area contributed by atoms with Gasteiger partial charge < -0.3 is 10.6 Å². The van der Waals surface area contributed by atoms with E-state index in [1.807, 2.05) is 6.07 Å². The zero-order valence-corrected chi connectivity index (χ0v) is 10.9. The molecule has 1 aromatic carbocycles. The molecule has 0 aliphatic heterocycles. The molecule has 2 amide bonds. The lowest BCUT2D eigenvalue weighted by Crippen LogP contribution is -2.27. The van der Waals surface area contributed by atoms with Crippen molar-refractivity contribution in [2.45, 2.75) is 6.42 Å². The summed E-state index contributed by atoms with van der Waals surface area (Å²) < 4.78 is 0. The van der Waals surface area contributed by atoms with E-state index >= 15 is 0 Å². The van der Waals surface area contributed by atoms with Gasteiger partial charge >= 0.3 is 0 Å². The summed E-state index contributed by atoms with van der Waals surface area (Å²) in [6, 6.07) is 8.89. The molecule has 5 nitrogen and oxygen atoms in total. The lowest BCUT2D eigenvalue weighted by atomic mass is 10.2. The molecule has 2 rings (SSSR count). The van der Waals surface area contributed by atoms with E-state index in [1.54, 1.807) is 35.8 Å². The summed E-state index contributed by atoms with van der Waals surface area (Å²) in [5, 5.41) is 7.70. The number of amides is 2. The van der Waals surface area contributed by atoms with Crippen LogP contribution in [-0.2, 0) is 4.79 Å². The lowest BCUT2D eigenvalue weighted by molar-refractivity contribution is -0.116. The minimum Gasteiger partial charge on any atom is -0.352 e. The van der Waals surface area contributed by atoms with Crippen LogP contribution in [0.2, 0.25) is 0 Å². The van der Waals surface area contributed by atoms with Gasteiger partial charge in [0.05, 0.1) is 0 Å². The second-order valence-corrected chi connectivity index (χ2v) is 4.65. The van der Waals surface area contributed by atoms with Gasteiger partial charge in [0, 0.05) is 30.1 Å². The van der Waals surface area contributed by atoms with Gasteiger partial charge in [0.2, 0.25) is 5.91 Å². The predicted octanol–water partition coefficient (Wildman–Crippen LogP) is 1.90. The first-order valence-corrected chi connectivity index (χ1v) is 6.66. The summed E-state index contributed by atoms with van der Waals surface area (Å²) in [5.74, 6) is -0.342. The van der Waals surface area contributed by atoms with Crippen LogP contribution in [0, 0.1) is 0 Å². The van der Waals surface area contributed by atoms with Gasteiger partial charge in [-0.1, -0.05) is 18.2 Å². The Morgan fingerprint density at radius 2 is 2.00 bits per heavy atom. The Morgan fingerprint density at radius 3 is 2.68 bits per heavy atom. The number of hydrogen-bond donors (Lipinski definition) is 2. The van der Waals surface area contributed by atoms with Crippen molar-refractivity contribution in [3.8, 4) is 0 Å². The number of carbonyl (C=O) groups is 2. The second kappa shape index (κ2) is 6.65. The number of carbonyl (C=O) groups excluding carboxylic acids is 2. The zero-order valence-electron chi connectivity index (χ0n) is 10.1. The molecular weight excluding hydrogens is 262 g/mol. The molecule has 19 heavy (non-hydrogen) atoms. The predicted molar refractivity (Wildman–Crippen MR) is 74.1 cm³/mol. The first-order valence-electron chi connectivity index (χ1n) is 5.78. The fraction of sp³-hybridized carbons (Fsp3) is 0.154. The third-order valence-electron chi connectivity index (χ3n) is 2.35. The Labute approximate surface area is 114 Å². The number of rotatable bonds is 5. The van der Waals surface area contributed by atoms with Crippen LogP contribution in [0.1, 0.15) is 16.8 Å². The summed E-state index contributed by atoms with van der Waals surface area (Å²) in [4.78, 5) is 27.2. The number of anilines is 1. The van der Waals surface area contributed by atoms with E-state index in [0.717, 1.165) is 0 Å². The molecule has 0 saturated heterocycles. The maximum absolute atomic E-state index is 11.7. The van der Waals surface area contributed by atoms with Crippen LogP contribution in [0.4, 0.5) is 5.13 Å². The van der Waals surface area contributed by atoms with Crippen LogP contribution in [0.15, 0.2) is 41.9 Å². The Balaban J connectivity index is 1.72. The van der Waals surface area contributed by atoms with Crippen molar-refractivity contribution in [2.75, 3.05) is 11.9 Å². The summed E-state index contributed by atoms with van der Waals surface area (Å²) in [5.41, 5.74) is 0.586. The smallest absolute Gasteiger partial charge is 0.251 e. The van der Waals surface area contributed by atoms with Crippen LogP contribution < -0.4 is 10.6 Å². The number of hydrogen-bond acceptors (Lipinski definition) is 4. The molecular formula is C13H13N3O2S. The highest BCUT2D eigenvalue weighted by atomic mass is 32.1. The van der Waals surface area contributed by atoms with Crippen molar-refractivity contribution in [1.82, 2.24) is 10.3 Å². The van der Waals surface area contributed by atoms with Crippen molar-refractivity contribution in [2.24, 2.45) is 0 Å². The summed E-state index contributed by atoms with van der Waals surface area (Å²) in [6.07, 6.45) is 1.84. The SMILES string of the molecule is O=C(CCNC(=O)c1ccccc1)Nc1nccs1. The quantitative estimate of drug-likeness (QED) is 0.875. The number of nitrogens with one attached hydrogen (secondary N) is 2. The molecule has 0 saturated carbocycles. The average molecular weight is 275 g/mol. The summed E-state index contributed by atoms with van der Waals surface area (Å²) >= 11 is 1.36. The molecule has 0 aliphatic carbocycles. The molecule has 0 spiro atoms. The maximum atomic E-state index is 11.7. The van der Waals surface area contributed by atoms with Gasteiger partial charge in [-0.15, -0.1) is 11.3 Å². The lowest BCUT2D eigenvalue weighted by Gasteiger charge is -2.05. The van der Waals surface area contributed by atoms with Crippen LogP contribution in [-0.4, -0.2) is 23.3 Å². The Hall–Kier alpha value is -2.21. The minimum absolute atomic E-state index is 0.164. The molecule has 6 heteroatoms. The molecule has 0 radical (unpaired) electrons. The van der Waals surface area contributed by atoms with E-state index in [2.05, 4.69) is 15.6 Å². The molecule has 0 bridgehead atoms. The van der Waals surface area contributed by atoms with Gasteiger partial charge in [-0.25, -0.2) is 4.98 Å². The van der Waals surface area contributed by atoms with E-state index in [-0.39, 0.29) is 18.2 Å². The van der Waals surface area contributed by atoms with Crippen molar-refractivity contribution in [3.05, 3.63) is 47.5 Å². The summed E-state index contributed by atoms with van der Waals surface area (Å²) in [6.45, 7) is 0.297. The van der Waals surface area contributed by atoms with Crippen LogP contribution in [0.5, 0.6) is 0 Å². The largest absolute Gasteiger partial charge is 0.352 e. The molecule has 0 fully saturated rings. The van der Waals surface area contributed by atoms with Gasteiger partial charge in [-0.3, -0.25) is 9.59 Å². The van der Waals surface area contributed by atoms with Crippen LogP contribution in [0.3, 0.4) is 0 Å². The normalized spacial score (nSPS) is 9.89. The molecule has 2 aromatic rings. The molecule has 0 atom stereocenters. The Bertz CT molecular complexity index is 540. The molecule has 0 aliphatic rings. The van der Waals surface area contributed by atoms with E-state index in [1.165, 1.54) is 11.3 Å². The van der Waals surface area contributed by atoms with E-state index < -0.39 is 0 Å². The number of thiazole rings is 1. The number of aromatic nitrogens is 1. The van der Waals surface area contributed by atoms with Crippen molar-refractivity contribution in [1.29, 1.82) is 0 Å². The van der Waals surface area contributed by atoms with Crippen molar-refractivity contribution >= 4 is 28.3 Å². The van der Waals surface area contributed by atoms with Gasteiger partial charge in [0.15, 0.2) is 5.13 Å². The molecule has 2 N–H and O–H groups in total. The first-order chi connectivity index (χ1) is 9.25. The van der Waals surface area contributed by atoms with Gasteiger partial charge in [0.1, 0.15) is 0 Å². The monoisotopic (exact) mass is 275 g/mol. The van der Waals surface area contributed by atoms with Crippen LogP contribution in [0.25, 0.3) is 0 Å². The highest BCUT2D eigenvalue weighted by Crippen LogP contribution is 2.10. The maximum Gasteiger partial charge on any atom is 0.251 e. The van der Waals surface area contributed by atoms with Crippen LogP contribution >= 0.6 is 11.3 Å². The van der Waals surface area contributed by atoms with Crippen molar-refractivity contribution < 1.29 is 9.59 Å². The molecule has 1 heterocycles.